The first-order valence-electron chi connectivity index (χ1n) is 11.4. The fourth-order valence-corrected chi connectivity index (χ4v) is 4.08. The molecule has 1 N–H and O–H groups in total. The van der Waals surface area contributed by atoms with Crippen LogP contribution in [0.1, 0.15) is 40.5 Å². The number of carbonyl (C=O) groups is 2. The Morgan fingerprint density at radius 1 is 1.06 bits per heavy atom. The van der Waals surface area contributed by atoms with Crippen molar-refractivity contribution in [2.45, 2.75) is 58.2 Å². The molecule has 2 aromatic carbocycles. The Kier molecular flexibility index (Phi) is 6.41. The highest BCUT2D eigenvalue weighted by atomic mass is 19.1. The van der Waals surface area contributed by atoms with Crippen LogP contribution in [0.2, 0.25) is 0 Å². The Balaban J connectivity index is 1.64. The summed E-state index contributed by atoms with van der Waals surface area (Å²) in [6.45, 7) is 7.30. The third kappa shape index (κ3) is 5.11. The molecule has 0 radical (unpaired) electrons. The Morgan fingerprint density at radius 2 is 1.74 bits per heavy atom. The zero-order valence-electron chi connectivity index (χ0n) is 19.8. The standard InChI is InChI=1S/C26H29FN4O3/c1-17-10-15-22(31(17)25(33)34-26(2,3)4)24(32)28-23-21(18-11-13-19(27)14-12-18)16-30(29-23)20-8-6-5-7-9-20/h5-9,11-14,16-17,22H,10,15H2,1-4H3,(H,28,29,32)/t17?,22-/m1/s1. The van der Waals surface area contributed by atoms with Gasteiger partial charge in [0.05, 0.1) is 5.69 Å². The quantitative estimate of drug-likeness (QED) is 0.561. The number of anilines is 1. The summed E-state index contributed by atoms with van der Waals surface area (Å²) >= 11 is 0. The molecule has 2 amide bonds. The number of amides is 2. The summed E-state index contributed by atoms with van der Waals surface area (Å²) in [6.07, 6.45) is 2.50. The maximum Gasteiger partial charge on any atom is 0.411 e. The number of nitrogens with one attached hydrogen (secondary N) is 1. The van der Waals surface area contributed by atoms with Crippen LogP contribution in [0.5, 0.6) is 0 Å². The van der Waals surface area contributed by atoms with E-state index in [2.05, 4.69) is 10.4 Å². The molecule has 1 aliphatic heterocycles. The lowest BCUT2D eigenvalue weighted by molar-refractivity contribution is -0.120. The van der Waals surface area contributed by atoms with Crippen molar-refractivity contribution in [3.8, 4) is 16.8 Å². The van der Waals surface area contributed by atoms with E-state index in [1.807, 2.05) is 37.3 Å². The molecule has 2 atom stereocenters. The van der Waals surface area contributed by atoms with Crippen molar-refractivity contribution < 1.29 is 18.7 Å². The first-order chi connectivity index (χ1) is 16.1. The molecule has 2 heterocycles. The van der Waals surface area contributed by atoms with E-state index < -0.39 is 17.7 Å². The van der Waals surface area contributed by atoms with Gasteiger partial charge in [0.2, 0.25) is 5.91 Å². The molecule has 1 fully saturated rings. The molecule has 0 aliphatic carbocycles. The van der Waals surface area contributed by atoms with Crippen molar-refractivity contribution in [1.29, 1.82) is 0 Å². The van der Waals surface area contributed by atoms with Gasteiger partial charge in [-0.05, 0) is 70.4 Å². The summed E-state index contributed by atoms with van der Waals surface area (Å²) in [4.78, 5) is 27.7. The monoisotopic (exact) mass is 464 g/mol. The summed E-state index contributed by atoms with van der Waals surface area (Å²) in [5, 5.41) is 7.51. The molecule has 3 aromatic rings. The second-order valence-electron chi connectivity index (χ2n) is 9.50. The van der Waals surface area contributed by atoms with Crippen LogP contribution in [0.25, 0.3) is 16.8 Å². The van der Waals surface area contributed by atoms with Crippen molar-refractivity contribution >= 4 is 17.8 Å². The highest BCUT2D eigenvalue weighted by Crippen LogP contribution is 2.31. The number of ether oxygens (including phenoxy) is 1. The SMILES string of the molecule is CC1CC[C@H](C(=O)Nc2nn(-c3ccccc3)cc2-c2ccc(F)cc2)N1C(=O)OC(C)(C)C. The average molecular weight is 465 g/mol. The fourth-order valence-electron chi connectivity index (χ4n) is 4.08. The number of hydrogen-bond donors (Lipinski definition) is 1. The number of hydrogen-bond acceptors (Lipinski definition) is 4. The molecule has 178 valence electrons. The molecular formula is C26H29FN4O3. The summed E-state index contributed by atoms with van der Waals surface area (Å²) in [5.74, 6) is -0.348. The minimum atomic E-state index is -0.673. The predicted octanol–water partition coefficient (Wildman–Crippen LogP) is 5.40. The van der Waals surface area contributed by atoms with Crippen LogP contribution in [0.3, 0.4) is 0 Å². The summed E-state index contributed by atoms with van der Waals surface area (Å²) in [6, 6.07) is 14.7. The largest absolute Gasteiger partial charge is 0.444 e. The minimum absolute atomic E-state index is 0.121. The van der Waals surface area contributed by atoms with Crippen molar-refractivity contribution in [1.82, 2.24) is 14.7 Å². The first-order valence-corrected chi connectivity index (χ1v) is 11.4. The average Bonchev–Trinajstić information content (AvgIpc) is 3.37. The maximum atomic E-state index is 13.5. The smallest absolute Gasteiger partial charge is 0.411 e. The lowest BCUT2D eigenvalue weighted by Crippen LogP contribution is -2.48. The Morgan fingerprint density at radius 3 is 2.38 bits per heavy atom. The maximum absolute atomic E-state index is 13.5. The van der Waals surface area contributed by atoms with E-state index >= 15 is 0 Å². The van der Waals surface area contributed by atoms with Gasteiger partial charge >= 0.3 is 6.09 Å². The van der Waals surface area contributed by atoms with Gasteiger partial charge < -0.3 is 10.1 Å². The zero-order valence-corrected chi connectivity index (χ0v) is 19.8. The number of carbonyl (C=O) groups excluding carboxylic acids is 2. The van der Waals surface area contributed by atoms with Crippen LogP contribution in [0.4, 0.5) is 15.0 Å². The molecule has 0 spiro atoms. The minimum Gasteiger partial charge on any atom is -0.444 e. The predicted molar refractivity (Wildman–Crippen MR) is 128 cm³/mol. The van der Waals surface area contributed by atoms with Crippen molar-refractivity contribution in [2.75, 3.05) is 5.32 Å². The number of benzene rings is 2. The van der Waals surface area contributed by atoms with E-state index in [9.17, 15) is 14.0 Å². The normalized spacial score (nSPS) is 18.1. The van der Waals surface area contributed by atoms with E-state index in [0.29, 0.717) is 29.8 Å². The summed E-state index contributed by atoms with van der Waals surface area (Å²) in [7, 11) is 0. The summed E-state index contributed by atoms with van der Waals surface area (Å²) in [5.41, 5.74) is 1.51. The summed E-state index contributed by atoms with van der Waals surface area (Å²) < 4.78 is 20.7. The first kappa shape index (κ1) is 23.5. The van der Waals surface area contributed by atoms with E-state index in [1.165, 1.54) is 17.0 Å². The topological polar surface area (TPSA) is 76.5 Å². The van der Waals surface area contributed by atoms with Crippen LogP contribution in [0, 0.1) is 5.82 Å². The molecule has 34 heavy (non-hydrogen) atoms. The van der Waals surface area contributed by atoms with Gasteiger partial charge in [0, 0.05) is 17.8 Å². The lowest BCUT2D eigenvalue weighted by Gasteiger charge is -2.30. The van der Waals surface area contributed by atoms with E-state index in [0.717, 1.165) is 5.69 Å². The van der Waals surface area contributed by atoms with Gasteiger partial charge in [-0.25, -0.2) is 13.9 Å². The van der Waals surface area contributed by atoms with Crippen molar-refractivity contribution in [2.24, 2.45) is 0 Å². The number of para-hydroxylation sites is 1. The second kappa shape index (κ2) is 9.29. The van der Waals surface area contributed by atoms with Gasteiger partial charge in [-0.1, -0.05) is 30.3 Å². The molecule has 1 aliphatic rings. The van der Waals surface area contributed by atoms with E-state index in [-0.39, 0.29) is 17.8 Å². The van der Waals surface area contributed by atoms with Gasteiger partial charge in [-0.2, -0.15) is 0 Å². The van der Waals surface area contributed by atoms with Crippen LogP contribution in [-0.4, -0.2) is 44.4 Å². The molecule has 1 saturated heterocycles. The van der Waals surface area contributed by atoms with Crippen LogP contribution in [-0.2, 0) is 9.53 Å². The van der Waals surface area contributed by atoms with Gasteiger partial charge in [-0.3, -0.25) is 9.69 Å². The highest BCUT2D eigenvalue weighted by Gasteiger charge is 2.41. The third-order valence-corrected chi connectivity index (χ3v) is 5.71. The van der Waals surface area contributed by atoms with Gasteiger partial charge in [-0.15, -0.1) is 5.10 Å². The van der Waals surface area contributed by atoms with Crippen LogP contribution < -0.4 is 5.32 Å². The van der Waals surface area contributed by atoms with E-state index in [4.69, 9.17) is 4.74 Å². The number of nitrogens with zero attached hydrogens (tertiary/aromatic N) is 3. The molecule has 4 rings (SSSR count). The zero-order chi connectivity index (χ0) is 24.5. The number of likely N-dealkylation sites (tertiary alicyclic amines) is 1. The van der Waals surface area contributed by atoms with Gasteiger partial charge in [0.1, 0.15) is 17.5 Å². The fraction of sp³-hybridized carbons (Fsp3) is 0.346. The second-order valence-corrected chi connectivity index (χ2v) is 9.50. The molecule has 1 unspecified atom stereocenters. The van der Waals surface area contributed by atoms with Crippen LogP contribution >= 0.6 is 0 Å². The Hall–Kier alpha value is -3.68. The third-order valence-electron chi connectivity index (χ3n) is 5.71. The van der Waals surface area contributed by atoms with Crippen molar-refractivity contribution in [3.05, 3.63) is 66.6 Å². The molecule has 8 heteroatoms. The lowest BCUT2D eigenvalue weighted by atomic mass is 10.1. The van der Waals surface area contributed by atoms with E-state index in [1.54, 1.807) is 43.8 Å². The Labute approximate surface area is 198 Å². The molecule has 0 saturated carbocycles. The number of aromatic nitrogens is 2. The van der Waals surface area contributed by atoms with Crippen molar-refractivity contribution in [3.63, 3.8) is 0 Å². The Bertz CT molecular complexity index is 1170. The molecule has 7 nitrogen and oxygen atoms in total. The number of rotatable bonds is 4. The molecule has 1 aromatic heterocycles. The van der Waals surface area contributed by atoms with Gasteiger partial charge in [0.25, 0.3) is 0 Å². The van der Waals surface area contributed by atoms with Gasteiger partial charge in [0.15, 0.2) is 5.82 Å². The molecule has 0 bridgehead atoms. The van der Waals surface area contributed by atoms with Crippen LogP contribution in [0.15, 0.2) is 60.8 Å². The molecular weight excluding hydrogens is 435 g/mol. The number of halogens is 1. The highest BCUT2D eigenvalue weighted by molar-refractivity contribution is 5.99.